The van der Waals surface area contributed by atoms with Crippen LogP contribution in [0.3, 0.4) is 0 Å². The van der Waals surface area contributed by atoms with Crippen molar-refractivity contribution in [2.75, 3.05) is 19.6 Å². The minimum absolute atomic E-state index is 0.456. The van der Waals surface area contributed by atoms with Crippen molar-refractivity contribution in [3.05, 3.63) is 59.7 Å². The van der Waals surface area contributed by atoms with E-state index in [4.69, 9.17) is 16.6 Å². The lowest BCUT2D eigenvalue weighted by atomic mass is 9.88. The molecule has 0 radical (unpaired) electrons. The fourth-order valence-corrected chi connectivity index (χ4v) is 4.62. The van der Waals surface area contributed by atoms with Crippen molar-refractivity contribution in [3.8, 4) is 11.1 Å². The molecule has 3 nitrogen and oxygen atoms in total. The van der Waals surface area contributed by atoms with Gasteiger partial charge in [0.1, 0.15) is 6.33 Å². The molecule has 0 spiro atoms. The molecule has 136 valence electrons. The third kappa shape index (κ3) is 3.99. The fraction of sp³-hybridized carbons (Fsp3) is 0.455. The van der Waals surface area contributed by atoms with Crippen LogP contribution in [0.15, 0.2) is 48.9 Å². The Kier molecular flexibility index (Phi) is 5.66. The average molecular weight is 368 g/mol. The van der Waals surface area contributed by atoms with Crippen molar-refractivity contribution in [1.82, 2.24) is 14.9 Å². The van der Waals surface area contributed by atoms with Crippen molar-refractivity contribution in [3.63, 3.8) is 0 Å². The Morgan fingerprint density at radius 1 is 1.12 bits per heavy atom. The van der Waals surface area contributed by atoms with Crippen molar-refractivity contribution >= 4 is 11.6 Å². The molecule has 0 unspecified atom stereocenters. The van der Waals surface area contributed by atoms with Crippen LogP contribution >= 0.6 is 11.6 Å². The second kappa shape index (κ2) is 8.32. The topological polar surface area (TPSA) is 29.0 Å². The third-order valence-electron chi connectivity index (χ3n) is 5.69. The summed E-state index contributed by atoms with van der Waals surface area (Å²) in [5, 5.41) is 0.769. The molecule has 4 rings (SSSR count). The summed E-state index contributed by atoms with van der Waals surface area (Å²) in [6, 6.07) is 8.01. The van der Waals surface area contributed by atoms with E-state index in [9.17, 15) is 0 Å². The SMILES string of the molecule is Clc1ccccc1-c1cncnc1[C@H]1CCCN(C[C@@H]2CC=CCC2)C1. The molecule has 1 saturated heterocycles. The lowest BCUT2D eigenvalue weighted by molar-refractivity contribution is 0.173. The molecular weight excluding hydrogens is 342 g/mol. The summed E-state index contributed by atoms with van der Waals surface area (Å²) in [6.07, 6.45) is 14.5. The molecule has 26 heavy (non-hydrogen) atoms. The van der Waals surface area contributed by atoms with Crippen molar-refractivity contribution in [2.24, 2.45) is 5.92 Å². The van der Waals surface area contributed by atoms with Crippen LogP contribution in [0.5, 0.6) is 0 Å². The Balaban J connectivity index is 1.54. The van der Waals surface area contributed by atoms with Gasteiger partial charge >= 0.3 is 0 Å². The first-order chi connectivity index (χ1) is 12.8. The van der Waals surface area contributed by atoms with Gasteiger partial charge in [-0.1, -0.05) is 42.0 Å². The number of halogens is 1. The van der Waals surface area contributed by atoms with E-state index in [0.29, 0.717) is 5.92 Å². The summed E-state index contributed by atoms with van der Waals surface area (Å²) in [4.78, 5) is 11.6. The predicted molar refractivity (Wildman–Crippen MR) is 107 cm³/mol. The number of hydrogen-bond acceptors (Lipinski definition) is 3. The quantitative estimate of drug-likeness (QED) is 0.683. The second-order valence-electron chi connectivity index (χ2n) is 7.55. The zero-order chi connectivity index (χ0) is 17.8. The first-order valence-corrected chi connectivity index (χ1v) is 10.1. The Hall–Kier alpha value is -1.71. The van der Waals surface area contributed by atoms with E-state index in [2.05, 4.69) is 28.1 Å². The molecule has 1 fully saturated rings. The predicted octanol–water partition coefficient (Wildman–Crippen LogP) is 5.33. The van der Waals surface area contributed by atoms with Crippen molar-refractivity contribution < 1.29 is 0 Å². The van der Waals surface area contributed by atoms with Gasteiger partial charge in [-0.15, -0.1) is 0 Å². The van der Waals surface area contributed by atoms with Gasteiger partial charge in [-0.3, -0.25) is 0 Å². The van der Waals surface area contributed by atoms with E-state index in [0.717, 1.165) is 34.3 Å². The van der Waals surface area contributed by atoms with Crippen molar-refractivity contribution in [2.45, 2.75) is 38.0 Å². The minimum Gasteiger partial charge on any atom is -0.302 e. The van der Waals surface area contributed by atoms with Crippen LogP contribution in [0.4, 0.5) is 0 Å². The zero-order valence-corrected chi connectivity index (χ0v) is 15.9. The van der Waals surface area contributed by atoms with Gasteiger partial charge in [0.15, 0.2) is 0 Å². The van der Waals surface area contributed by atoms with E-state index in [1.54, 1.807) is 6.33 Å². The molecule has 1 aromatic heterocycles. The maximum absolute atomic E-state index is 6.45. The summed E-state index contributed by atoms with van der Waals surface area (Å²) in [6.45, 7) is 3.52. The van der Waals surface area contributed by atoms with Crippen LogP contribution in [0, 0.1) is 5.92 Å². The van der Waals surface area contributed by atoms with Crippen molar-refractivity contribution in [1.29, 1.82) is 0 Å². The van der Waals surface area contributed by atoms with Crippen LogP contribution in [-0.4, -0.2) is 34.5 Å². The Morgan fingerprint density at radius 3 is 2.88 bits per heavy atom. The normalized spacial score (nSPS) is 23.9. The Labute approximate surface area is 161 Å². The van der Waals surface area contributed by atoms with Gasteiger partial charge in [-0.25, -0.2) is 9.97 Å². The lowest BCUT2D eigenvalue weighted by Gasteiger charge is -2.35. The molecule has 0 amide bonds. The monoisotopic (exact) mass is 367 g/mol. The van der Waals surface area contributed by atoms with E-state index >= 15 is 0 Å². The molecule has 2 aliphatic rings. The van der Waals surface area contributed by atoms with Gasteiger partial charge in [-0.05, 0) is 50.6 Å². The molecule has 1 aliphatic heterocycles. The molecule has 2 heterocycles. The first-order valence-electron chi connectivity index (χ1n) is 9.73. The maximum atomic E-state index is 6.45. The molecule has 4 heteroatoms. The molecular formula is C22H26ClN3. The molecule has 1 aromatic carbocycles. The second-order valence-corrected chi connectivity index (χ2v) is 7.96. The summed E-state index contributed by atoms with van der Waals surface area (Å²) in [7, 11) is 0. The molecule has 0 saturated carbocycles. The van der Waals surface area contributed by atoms with E-state index in [1.165, 1.54) is 45.2 Å². The van der Waals surface area contributed by atoms with Gasteiger partial charge in [0.2, 0.25) is 0 Å². The highest BCUT2D eigenvalue weighted by atomic mass is 35.5. The molecule has 0 N–H and O–H groups in total. The molecule has 1 aliphatic carbocycles. The highest BCUT2D eigenvalue weighted by molar-refractivity contribution is 6.33. The van der Waals surface area contributed by atoms with Gasteiger partial charge in [-0.2, -0.15) is 0 Å². The zero-order valence-electron chi connectivity index (χ0n) is 15.1. The Bertz CT molecular complexity index is 773. The van der Waals surface area contributed by atoms with Gasteiger partial charge < -0.3 is 4.90 Å². The number of aromatic nitrogens is 2. The summed E-state index contributed by atoms with van der Waals surface area (Å²) in [5.74, 6) is 1.27. The minimum atomic E-state index is 0.456. The van der Waals surface area contributed by atoms with E-state index in [-0.39, 0.29) is 0 Å². The highest BCUT2D eigenvalue weighted by Crippen LogP contribution is 2.36. The van der Waals surface area contributed by atoms with E-state index < -0.39 is 0 Å². The molecule has 2 aromatic rings. The summed E-state index contributed by atoms with van der Waals surface area (Å²) >= 11 is 6.45. The standard InChI is InChI=1S/C22H26ClN3/c23-21-11-5-4-10-19(21)20-13-24-16-25-22(20)18-9-6-12-26(15-18)14-17-7-2-1-3-8-17/h1-2,4-5,10-11,13,16-18H,3,6-9,12,14-15H2/t17-,18+/m1/s1. The van der Waals surface area contributed by atoms with Crippen LogP contribution in [0.25, 0.3) is 11.1 Å². The average Bonchev–Trinajstić information content (AvgIpc) is 2.69. The number of rotatable bonds is 4. The van der Waals surface area contributed by atoms with Crippen LogP contribution < -0.4 is 0 Å². The number of likely N-dealkylation sites (tertiary alicyclic amines) is 1. The third-order valence-corrected chi connectivity index (χ3v) is 6.02. The Morgan fingerprint density at radius 2 is 2.04 bits per heavy atom. The smallest absolute Gasteiger partial charge is 0.115 e. The van der Waals surface area contributed by atoms with Gasteiger partial charge in [0, 0.05) is 41.4 Å². The fourth-order valence-electron chi connectivity index (χ4n) is 4.38. The molecule has 0 bridgehead atoms. The van der Waals surface area contributed by atoms with Crippen LogP contribution in [0.1, 0.15) is 43.7 Å². The van der Waals surface area contributed by atoms with E-state index in [1.807, 2.05) is 24.4 Å². The number of allylic oxidation sites excluding steroid dienone is 2. The maximum Gasteiger partial charge on any atom is 0.115 e. The number of piperidine rings is 1. The largest absolute Gasteiger partial charge is 0.302 e. The van der Waals surface area contributed by atoms with Gasteiger partial charge in [0.25, 0.3) is 0 Å². The number of benzene rings is 1. The number of hydrogen-bond donors (Lipinski definition) is 0. The van der Waals surface area contributed by atoms with Crippen LogP contribution in [-0.2, 0) is 0 Å². The summed E-state index contributed by atoms with van der Waals surface area (Å²) in [5.41, 5.74) is 3.28. The van der Waals surface area contributed by atoms with Gasteiger partial charge in [0.05, 0.1) is 5.69 Å². The first kappa shape index (κ1) is 17.7. The number of nitrogens with zero attached hydrogens (tertiary/aromatic N) is 3. The lowest BCUT2D eigenvalue weighted by Crippen LogP contribution is -2.38. The molecule has 2 atom stereocenters. The highest BCUT2D eigenvalue weighted by Gasteiger charge is 2.26. The van der Waals surface area contributed by atoms with Crippen LogP contribution in [0.2, 0.25) is 5.02 Å². The summed E-state index contributed by atoms with van der Waals surface area (Å²) < 4.78 is 0.